The first-order valence-electron chi connectivity index (χ1n) is 6.49. The summed E-state index contributed by atoms with van der Waals surface area (Å²) in [5.74, 6) is 0. The Kier molecular flexibility index (Phi) is 5.00. The van der Waals surface area contributed by atoms with Crippen LogP contribution in [0.3, 0.4) is 0 Å². The lowest BCUT2D eigenvalue weighted by atomic mass is 10.0. The Balaban J connectivity index is 2.13. The summed E-state index contributed by atoms with van der Waals surface area (Å²) in [6.45, 7) is 6.93. The second-order valence-electron chi connectivity index (χ2n) is 5.56. The Bertz CT molecular complexity index is 444. The molecule has 0 N–H and O–H groups in total. The zero-order chi connectivity index (χ0) is 13.7. The van der Waals surface area contributed by atoms with Crippen LogP contribution in [-0.2, 0) is 0 Å². The van der Waals surface area contributed by atoms with E-state index in [1.165, 1.54) is 9.79 Å². The van der Waals surface area contributed by atoms with Gasteiger partial charge in [0.25, 0.3) is 0 Å². The average molecular weight is 288 g/mol. The predicted octanol–water partition coefficient (Wildman–Crippen LogP) is 5.94. The van der Waals surface area contributed by atoms with Gasteiger partial charge >= 0.3 is 0 Å². The molecule has 0 fully saturated rings. The van der Waals surface area contributed by atoms with E-state index in [2.05, 4.69) is 81.4 Å². The monoisotopic (exact) mass is 288 g/mol. The molecular weight excluding hydrogens is 268 g/mol. The number of thioether (sulfide) groups is 2. The van der Waals surface area contributed by atoms with Gasteiger partial charge in [-0.2, -0.15) is 0 Å². The molecule has 0 heterocycles. The maximum atomic E-state index is 2.31. The van der Waals surface area contributed by atoms with Gasteiger partial charge < -0.3 is 0 Å². The highest BCUT2D eigenvalue weighted by Crippen LogP contribution is 2.45. The summed E-state index contributed by atoms with van der Waals surface area (Å²) in [7, 11) is 0. The molecule has 0 bridgehead atoms. The third-order valence-electron chi connectivity index (χ3n) is 2.68. The summed E-state index contributed by atoms with van der Waals surface area (Å²) >= 11 is 3.91. The smallest absolute Gasteiger partial charge is 0.0645 e. The van der Waals surface area contributed by atoms with Gasteiger partial charge in [-0.05, 0) is 29.7 Å². The van der Waals surface area contributed by atoms with E-state index in [-0.39, 0.29) is 5.41 Å². The highest BCUT2D eigenvalue weighted by molar-refractivity contribution is 8.17. The highest BCUT2D eigenvalue weighted by atomic mass is 32.2. The van der Waals surface area contributed by atoms with E-state index >= 15 is 0 Å². The van der Waals surface area contributed by atoms with Crippen molar-refractivity contribution in [1.82, 2.24) is 0 Å². The van der Waals surface area contributed by atoms with Gasteiger partial charge in [0.1, 0.15) is 0 Å². The summed E-state index contributed by atoms with van der Waals surface area (Å²) in [5.41, 5.74) is 0.251. The van der Waals surface area contributed by atoms with E-state index in [9.17, 15) is 0 Å². The second kappa shape index (κ2) is 6.53. The SMILES string of the molecule is CC(C)(C)C(Sc1ccccc1)Sc1ccccc1. The van der Waals surface area contributed by atoms with Crippen molar-refractivity contribution in [2.75, 3.05) is 0 Å². The molecule has 2 heteroatoms. The number of hydrogen-bond acceptors (Lipinski definition) is 2. The minimum atomic E-state index is 0.251. The van der Waals surface area contributed by atoms with Crippen molar-refractivity contribution in [3.05, 3.63) is 60.7 Å². The van der Waals surface area contributed by atoms with Crippen molar-refractivity contribution in [3.63, 3.8) is 0 Å². The van der Waals surface area contributed by atoms with Crippen LogP contribution in [0.2, 0.25) is 0 Å². The molecule has 0 nitrogen and oxygen atoms in total. The standard InChI is InChI=1S/C17H20S2/c1-17(2,3)16(18-14-10-6-4-7-11-14)19-15-12-8-5-9-13-15/h4-13,16H,1-3H3. The summed E-state index contributed by atoms with van der Waals surface area (Å²) in [5, 5.41) is 0. The molecule has 0 aromatic heterocycles. The fourth-order valence-corrected chi connectivity index (χ4v) is 4.31. The molecule has 0 spiro atoms. The van der Waals surface area contributed by atoms with Crippen LogP contribution in [0, 0.1) is 5.41 Å². The third-order valence-corrected chi connectivity index (χ3v) is 6.19. The van der Waals surface area contributed by atoms with Crippen LogP contribution < -0.4 is 0 Å². The van der Waals surface area contributed by atoms with Crippen molar-refractivity contribution in [1.29, 1.82) is 0 Å². The molecule has 19 heavy (non-hydrogen) atoms. The average Bonchev–Trinajstić information content (AvgIpc) is 2.39. The summed E-state index contributed by atoms with van der Waals surface area (Å²) in [6, 6.07) is 21.3. The van der Waals surface area contributed by atoms with Crippen molar-refractivity contribution in [2.24, 2.45) is 5.41 Å². The lowest BCUT2D eigenvalue weighted by Crippen LogP contribution is -2.19. The second-order valence-corrected chi connectivity index (χ2v) is 8.22. The van der Waals surface area contributed by atoms with Crippen molar-refractivity contribution in [2.45, 2.75) is 35.1 Å². The summed E-state index contributed by atoms with van der Waals surface area (Å²) in [6.07, 6.45) is 0. The fourth-order valence-electron chi connectivity index (χ4n) is 1.62. The minimum absolute atomic E-state index is 0.251. The normalized spacial score (nSPS) is 11.8. The van der Waals surface area contributed by atoms with E-state index in [1.54, 1.807) is 0 Å². The largest absolute Gasteiger partial charge is 0.111 e. The van der Waals surface area contributed by atoms with Crippen LogP contribution in [0.4, 0.5) is 0 Å². The Morgan fingerprint density at radius 2 is 1.05 bits per heavy atom. The van der Waals surface area contributed by atoms with Crippen LogP contribution in [0.15, 0.2) is 70.5 Å². The first kappa shape index (κ1) is 14.5. The van der Waals surface area contributed by atoms with Crippen molar-refractivity contribution < 1.29 is 0 Å². The van der Waals surface area contributed by atoms with Gasteiger partial charge in [0, 0.05) is 9.79 Å². The van der Waals surface area contributed by atoms with Crippen molar-refractivity contribution >= 4 is 23.5 Å². The maximum Gasteiger partial charge on any atom is 0.0645 e. The molecule has 0 saturated heterocycles. The molecule has 0 unspecified atom stereocenters. The topological polar surface area (TPSA) is 0 Å². The number of hydrogen-bond donors (Lipinski definition) is 0. The van der Waals surface area contributed by atoms with Crippen LogP contribution in [0.5, 0.6) is 0 Å². The quantitative estimate of drug-likeness (QED) is 0.504. The summed E-state index contributed by atoms with van der Waals surface area (Å²) < 4.78 is 0.497. The van der Waals surface area contributed by atoms with Gasteiger partial charge in [-0.15, -0.1) is 23.5 Å². The first-order chi connectivity index (χ1) is 9.05. The maximum absolute atomic E-state index is 2.31. The van der Waals surface area contributed by atoms with E-state index in [0.29, 0.717) is 4.58 Å². The molecule has 100 valence electrons. The molecule has 0 aliphatic rings. The Hall–Kier alpha value is -0.860. The van der Waals surface area contributed by atoms with Gasteiger partial charge in [0.15, 0.2) is 0 Å². The zero-order valence-corrected chi connectivity index (χ0v) is 13.3. The first-order valence-corrected chi connectivity index (χ1v) is 8.25. The van der Waals surface area contributed by atoms with Gasteiger partial charge in [-0.25, -0.2) is 0 Å². The third kappa shape index (κ3) is 4.63. The van der Waals surface area contributed by atoms with Crippen LogP contribution in [0.1, 0.15) is 20.8 Å². The molecule has 0 radical (unpaired) electrons. The van der Waals surface area contributed by atoms with Gasteiger partial charge in [0.2, 0.25) is 0 Å². The summed E-state index contributed by atoms with van der Waals surface area (Å²) in [4.78, 5) is 2.68. The lowest BCUT2D eigenvalue weighted by Gasteiger charge is -2.29. The lowest BCUT2D eigenvalue weighted by molar-refractivity contribution is 0.459. The number of rotatable bonds is 4. The molecule has 0 atom stereocenters. The highest BCUT2D eigenvalue weighted by Gasteiger charge is 2.26. The Labute approximate surface area is 125 Å². The molecule has 0 aliphatic carbocycles. The van der Waals surface area contributed by atoms with Gasteiger partial charge in [0.05, 0.1) is 4.58 Å². The van der Waals surface area contributed by atoms with Crippen LogP contribution in [-0.4, -0.2) is 4.58 Å². The predicted molar refractivity (Wildman–Crippen MR) is 87.8 cm³/mol. The fraction of sp³-hybridized carbons (Fsp3) is 0.294. The molecular formula is C17H20S2. The van der Waals surface area contributed by atoms with Crippen LogP contribution in [0.25, 0.3) is 0 Å². The molecule has 2 aromatic carbocycles. The zero-order valence-electron chi connectivity index (χ0n) is 11.7. The number of benzene rings is 2. The van der Waals surface area contributed by atoms with E-state index in [1.807, 2.05) is 23.5 Å². The molecule has 0 aliphatic heterocycles. The Morgan fingerprint density at radius 3 is 1.37 bits per heavy atom. The van der Waals surface area contributed by atoms with E-state index in [0.717, 1.165) is 0 Å². The van der Waals surface area contributed by atoms with E-state index < -0.39 is 0 Å². The van der Waals surface area contributed by atoms with Gasteiger partial charge in [-0.3, -0.25) is 0 Å². The molecule has 0 amide bonds. The molecule has 2 aromatic rings. The van der Waals surface area contributed by atoms with Crippen LogP contribution >= 0.6 is 23.5 Å². The van der Waals surface area contributed by atoms with Crippen molar-refractivity contribution in [3.8, 4) is 0 Å². The Morgan fingerprint density at radius 1 is 0.684 bits per heavy atom. The van der Waals surface area contributed by atoms with Gasteiger partial charge in [-0.1, -0.05) is 57.2 Å². The van der Waals surface area contributed by atoms with E-state index in [4.69, 9.17) is 0 Å². The molecule has 2 rings (SSSR count). The minimum Gasteiger partial charge on any atom is -0.111 e. The molecule has 0 saturated carbocycles.